The molecule has 1 N–H and O–H groups in total. The summed E-state index contributed by atoms with van der Waals surface area (Å²) in [6, 6.07) is 4.47. The van der Waals surface area contributed by atoms with E-state index in [0.29, 0.717) is 44.2 Å². The van der Waals surface area contributed by atoms with Crippen LogP contribution < -0.4 is 0 Å². The van der Waals surface area contributed by atoms with Crippen LogP contribution in [-0.4, -0.2) is 45.3 Å². The lowest BCUT2D eigenvalue weighted by Crippen LogP contribution is -2.06. The summed E-state index contributed by atoms with van der Waals surface area (Å²) >= 11 is 0. The Hall–Kier alpha value is -1.45. The van der Waals surface area contributed by atoms with Crippen LogP contribution in [0.1, 0.15) is 17.5 Å². The van der Waals surface area contributed by atoms with Crippen molar-refractivity contribution >= 4 is 0 Å². The summed E-state index contributed by atoms with van der Waals surface area (Å²) < 4.78 is 29.1. The Kier molecular flexibility index (Phi) is 9.42. The molecule has 0 heterocycles. The van der Waals surface area contributed by atoms with Crippen molar-refractivity contribution in [2.24, 2.45) is 0 Å². The number of methoxy groups -OCH3 is 1. The van der Waals surface area contributed by atoms with E-state index in [1.807, 2.05) is 0 Å². The molecule has 0 amide bonds. The second kappa shape index (κ2) is 11.2. The van der Waals surface area contributed by atoms with Crippen molar-refractivity contribution in [1.29, 1.82) is 0 Å². The standard InChI is InChI=1S/C16H21FO4/c1-19-6-3-7-20-8-9-21-13-15-10-14(4-2-5-18)11-16(17)12-15/h10-12,18H,3,5-9,13H2,1H3. The van der Waals surface area contributed by atoms with Gasteiger partial charge in [0.1, 0.15) is 12.4 Å². The van der Waals surface area contributed by atoms with E-state index in [2.05, 4.69) is 11.8 Å². The molecule has 5 heteroatoms. The van der Waals surface area contributed by atoms with Crippen LogP contribution in [0.2, 0.25) is 0 Å². The van der Waals surface area contributed by atoms with E-state index in [0.717, 1.165) is 6.42 Å². The van der Waals surface area contributed by atoms with Gasteiger partial charge in [-0.05, 0) is 30.2 Å². The summed E-state index contributed by atoms with van der Waals surface area (Å²) in [6.45, 7) is 2.31. The molecule has 0 saturated heterocycles. The summed E-state index contributed by atoms with van der Waals surface area (Å²) in [4.78, 5) is 0. The fraction of sp³-hybridized carbons (Fsp3) is 0.500. The minimum Gasteiger partial charge on any atom is -0.385 e. The van der Waals surface area contributed by atoms with E-state index in [9.17, 15) is 4.39 Å². The Labute approximate surface area is 124 Å². The van der Waals surface area contributed by atoms with E-state index in [1.165, 1.54) is 12.1 Å². The fourth-order valence-electron chi connectivity index (χ4n) is 1.66. The largest absolute Gasteiger partial charge is 0.385 e. The van der Waals surface area contributed by atoms with Gasteiger partial charge < -0.3 is 19.3 Å². The van der Waals surface area contributed by atoms with Crippen LogP contribution in [-0.2, 0) is 20.8 Å². The Balaban J connectivity index is 2.27. The van der Waals surface area contributed by atoms with E-state index in [4.69, 9.17) is 19.3 Å². The fourth-order valence-corrected chi connectivity index (χ4v) is 1.66. The van der Waals surface area contributed by atoms with Gasteiger partial charge in [0.05, 0.1) is 19.8 Å². The number of rotatable bonds is 9. The van der Waals surface area contributed by atoms with Crippen LogP contribution in [0.25, 0.3) is 0 Å². The third-order valence-electron chi connectivity index (χ3n) is 2.55. The van der Waals surface area contributed by atoms with Gasteiger partial charge in [0.15, 0.2) is 0 Å². The second-order valence-corrected chi connectivity index (χ2v) is 4.32. The highest BCUT2D eigenvalue weighted by molar-refractivity contribution is 5.37. The van der Waals surface area contributed by atoms with E-state index >= 15 is 0 Å². The predicted octanol–water partition coefficient (Wildman–Crippen LogP) is 1.74. The minimum atomic E-state index is -0.367. The number of aliphatic hydroxyl groups excluding tert-OH is 1. The van der Waals surface area contributed by atoms with Gasteiger partial charge in [-0.1, -0.05) is 11.8 Å². The summed E-state index contributed by atoms with van der Waals surface area (Å²) in [6.07, 6.45) is 0.854. The molecule has 21 heavy (non-hydrogen) atoms. The van der Waals surface area contributed by atoms with Gasteiger partial charge in [-0.2, -0.15) is 0 Å². The van der Waals surface area contributed by atoms with Crippen molar-refractivity contribution in [2.75, 3.05) is 40.1 Å². The van der Waals surface area contributed by atoms with Crippen molar-refractivity contribution in [3.63, 3.8) is 0 Å². The number of ether oxygens (including phenoxy) is 3. The maximum absolute atomic E-state index is 13.4. The molecule has 0 unspecified atom stereocenters. The second-order valence-electron chi connectivity index (χ2n) is 4.32. The van der Waals surface area contributed by atoms with Crippen LogP contribution in [0.15, 0.2) is 18.2 Å². The maximum Gasteiger partial charge on any atom is 0.124 e. The van der Waals surface area contributed by atoms with Crippen LogP contribution >= 0.6 is 0 Å². The smallest absolute Gasteiger partial charge is 0.124 e. The molecule has 0 bridgehead atoms. The topological polar surface area (TPSA) is 47.9 Å². The van der Waals surface area contributed by atoms with Crippen molar-refractivity contribution in [3.05, 3.63) is 35.1 Å². The molecule has 0 saturated carbocycles. The molecule has 0 spiro atoms. The monoisotopic (exact) mass is 296 g/mol. The van der Waals surface area contributed by atoms with E-state index in [-0.39, 0.29) is 12.4 Å². The van der Waals surface area contributed by atoms with Crippen molar-refractivity contribution in [2.45, 2.75) is 13.0 Å². The molecule has 1 rings (SSSR count). The summed E-state index contributed by atoms with van der Waals surface area (Å²) in [7, 11) is 1.65. The molecule has 1 aromatic rings. The molecule has 4 nitrogen and oxygen atoms in total. The van der Waals surface area contributed by atoms with Crippen LogP contribution in [0.5, 0.6) is 0 Å². The summed E-state index contributed by atoms with van der Waals surface area (Å²) in [5.41, 5.74) is 1.23. The normalized spacial score (nSPS) is 10.2. The summed E-state index contributed by atoms with van der Waals surface area (Å²) in [5.74, 6) is 4.79. The van der Waals surface area contributed by atoms with Gasteiger partial charge in [-0.25, -0.2) is 4.39 Å². The lowest BCUT2D eigenvalue weighted by Gasteiger charge is -2.06. The third-order valence-corrected chi connectivity index (χ3v) is 2.55. The molecule has 116 valence electrons. The first-order valence-corrected chi connectivity index (χ1v) is 6.80. The van der Waals surface area contributed by atoms with Crippen molar-refractivity contribution in [1.82, 2.24) is 0 Å². The number of halogens is 1. The van der Waals surface area contributed by atoms with Gasteiger partial charge >= 0.3 is 0 Å². The summed E-state index contributed by atoms with van der Waals surface area (Å²) in [5, 5.41) is 8.63. The number of aliphatic hydroxyl groups is 1. The van der Waals surface area contributed by atoms with Gasteiger partial charge in [-0.3, -0.25) is 0 Å². The molecule has 1 aromatic carbocycles. The van der Waals surface area contributed by atoms with E-state index < -0.39 is 0 Å². The van der Waals surface area contributed by atoms with Gasteiger partial charge in [-0.15, -0.1) is 0 Å². The Bertz CT molecular complexity index is 465. The van der Waals surface area contributed by atoms with Crippen molar-refractivity contribution < 1.29 is 23.7 Å². The quantitative estimate of drug-likeness (QED) is 0.557. The molecular weight excluding hydrogens is 275 g/mol. The molecule has 0 aliphatic heterocycles. The zero-order chi connectivity index (χ0) is 15.3. The average Bonchev–Trinajstić information content (AvgIpc) is 2.47. The molecule has 0 aliphatic rings. The zero-order valence-electron chi connectivity index (χ0n) is 12.2. The number of benzene rings is 1. The number of hydrogen-bond donors (Lipinski definition) is 1. The van der Waals surface area contributed by atoms with Crippen molar-refractivity contribution in [3.8, 4) is 11.8 Å². The molecule has 0 aliphatic carbocycles. The first kappa shape index (κ1) is 17.6. The minimum absolute atomic E-state index is 0.247. The zero-order valence-corrected chi connectivity index (χ0v) is 12.2. The highest BCUT2D eigenvalue weighted by Crippen LogP contribution is 2.09. The van der Waals surface area contributed by atoms with Crippen LogP contribution in [0.4, 0.5) is 4.39 Å². The third kappa shape index (κ3) is 8.43. The maximum atomic E-state index is 13.4. The molecule has 0 aromatic heterocycles. The number of hydrogen-bond acceptors (Lipinski definition) is 4. The first-order chi connectivity index (χ1) is 10.3. The molecule has 0 fully saturated rings. The molecule has 0 radical (unpaired) electrons. The van der Waals surface area contributed by atoms with E-state index in [1.54, 1.807) is 13.2 Å². The Morgan fingerprint density at radius 3 is 2.67 bits per heavy atom. The lowest BCUT2D eigenvalue weighted by molar-refractivity contribution is 0.0336. The molecule has 0 atom stereocenters. The van der Waals surface area contributed by atoms with Gasteiger partial charge in [0, 0.05) is 25.9 Å². The highest BCUT2D eigenvalue weighted by Gasteiger charge is 2.00. The molecular formula is C16H21FO4. The Morgan fingerprint density at radius 1 is 1.10 bits per heavy atom. The van der Waals surface area contributed by atoms with Gasteiger partial charge in [0.2, 0.25) is 0 Å². The predicted molar refractivity (Wildman–Crippen MR) is 77.3 cm³/mol. The van der Waals surface area contributed by atoms with Crippen LogP contribution in [0.3, 0.4) is 0 Å². The highest BCUT2D eigenvalue weighted by atomic mass is 19.1. The lowest BCUT2D eigenvalue weighted by atomic mass is 10.1. The Morgan fingerprint density at radius 2 is 1.90 bits per heavy atom. The SMILES string of the molecule is COCCCOCCOCc1cc(F)cc(C#CCO)c1. The van der Waals surface area contributed by atoms with Crippen LogP contribution in [0, 0.1) is 17.7 Å². The average molecular weight is 296 g/mol. The first-order valence-electron chi connectivity index (χ1n) is 6.80. The van der Waals surface area contributed by atoms with Gasteiger partial charge in [0.25, 0.3) is 0 Å².